The lowest BCUT2D eigenvalue weighted by Gasteiger charge is -2.22. The molecule has 0 radical (unpaired) electrons. The lowest BCUT2D eigenvalue weighted by molar-refractivity contribution is 0.435. The summed E-state index contributed by atoms with van der Waals surface area (Å²) in [4.78, 5) is 11.2. The van der Waals surface area contributed by atoms with E-state index in [1.165, 1.54) is 32.1 Å². The van der Waals surface area contributed by atoms with Crippen LogP contribution in [0.25, 0.3) is 0 Å². The Hall–Kier alpha value is -0.480. The van der Waals surface area contributed by atoms with E-state index in [9.17, 15) is 0 Å². The Morgan fingerprint density at radius 2 is 2.21 bits per heavy atom. The largest absolute Gasteiger partial charge is 0.356 e. The molecule has 106 valence electrons. The monoisotopic (exact) mass is 299 g/mol. The minimum absolute atomic E-state index is 0.545. The molecule has 1 fully saturated rings. The van der Waals surface area contributed by atoms with Gasteiger partial charge in [0.25, 0.3) is 0 Å². The Bertz CT molecular complexity index is 414. The summed E-state index contributed by atoms with van der Waals surface area (Å²) in [6.45, 7) is 4.45. The predicted molar refractivity (Wildman–Crippen MR) is 83.3 cm³/mol. The molecule has 1 atom stereocenters. The van der Waals surface area contributed by atoms with Crippen molar-refractivity contribution in [2.24, 2.45) is 5.92 Å². The van der Waals surface area contributed by atoms with Crippen molar-refractivity contribution in [1.29, 1.82) is 0 Å². The number of thioether (sulfide) groups is 1. The Morgan fingerprint density at radius 3 is 2.95 bits per heavy atom. The first-order valence-corrected chi connectivity index (χ1v) is 8.66. The van der Waals surface area contributed by atoms with E-state index >= 15 is 0 Å². The van der Waals surface area contributed by atoms with Gasteiger partial charge in [-0.2, -0.15) is 0 Å². The van der Waals surface area contributed by atoms with Crippen LogP contribution in [0.15, 0.2) is 11.2 Å². The topological polar surface area (TPSA) is 29.0 Å². The van der Waals surface area contributed by atoms with Crippen LogP contribution in [0.4, 0.5) is 5.82 Å². The van der Waals surface area contributed by atoms with E-state index in [4.69, 9.17) is 11.6 Å². The molecule has 1 aromatic rings. The quantitative estimate of drug-likeness (QED) is 0.472. The van der Waals surface area contributed by atoms with Gasteiger partial charge in [0.05, 0.1) is 0 Å². The lowest BCUT2D eigenvalue weighted by Crippen LogP contribution is -2.25. The van der Waals surface area contributed by atoms with Crippen LogP contribution >= 0.6 is 23.4 Å². The van der Waals surface area contributed by atoms with Crippen molar-refractivity contribution in [3.05, 3.63) is 11.2 Å². The van der Waals surface area contributed by atoms with E-state index in [1.807, 2.05) is 12.3 Å². The van der Waals surface area contributed by atoms with Crippen LogP contribution in [0.5, 0.6) is 0 Å². The maximum absolute atomic E-state index is 6.08. The predicted octanol–water partition coefficient (Wildman–Crippen LogP) is 4.26. The van der Waals surface area contributed by atoms with E-state index < -0.39 is 0 Å². The van der Waals surface area contributed by atoms with E-state index in [0.717, 1.165) is 30.0 Å². The molecule has 0 N–H and O–H groups in total. The van der Waals surface area contributed by atoms with Gasteiger partial charge in [0, 0.05) is 19.2 Å². The van der Waals surface area contributed by atoms with Gasteiger partial charge in [-0.05, 0) is 31.4 Å². The van der Waals surface area contributed by atoms with Crippen LogP contribution in [0, 0.1) is 5.92 Å². The maximum atomic E-state index is 6.08. The van der Waals surface area contributed by atoms with Crippen molar-refractivity contribution in [2.45, 2.75) is 44.2 Å². The van der Waals surface area contributed by atoms with E-state index in [1.54, 1.807) is 11.8 Å². The van der Waals surface area contributed by atoms with Crippen LogP contribution < -0.4 is 4.90 Å². The molecule has 1 unspecified atom stereocenters. The highest BCUT2D eigenvalue weighted by atomic mass is 35.5. The smallest absolute Gasteiger partial charge is 0.190 e. The van der Waals surface area contributed by atoms with Gasteiger partial charge in [-0.3, -0.25) is 0 Å². The summed E-state index contributed by atoms with van der Waals surface area (Å²) in [5.74, 6) is 1.87. The number of rotatable bonds is 4. The summed E-state index contributed by atoms with van der Waals surface area (Å²) in [6, 6.07) is 1.89. The molecule has 1 aliphatic heterocycles. The normalized spacial score (nSPS) is 20.4. The van der Waals surface area contributed by atoms with Gasteiger partial charge in [0.1, 0.15) is 11.0 Å². The molecule has 1 aromatic heterocycles. The summed E-state index contributed by atoms with van der Waals surface area (Å²) in [5.41, 5.74) is 0. The van der Waals surface area contributed by atoms with Gasteiger partial charge < -0.3 is 4.90 Å². The van der Waals surface area contributed by atoms with Crippen molar-refractivity contribution in [3.63, 3.8) is 0 Å². The van der Waals surface area contributed by atoms with E-state index in [-0.39, 0.29) is 0 Å². The fourth-order valence-electron chi connectivity index (χ4n) is 2.73. The van der Waals surface area contributed by atoms with Gasteiger partial charge in [-0.15, -0.1) is 0 Å². The summed E-state index contributed by atoms with van der Waals surface area (Å²) in [5, 5.41) is 1.31. The van der Waals surface area contributed by atoms with Crippen molar-refractivity contribution in [1.82, 2.24) is 9.97 Å². The molecular formula is C14H22ClN3S. The second-order valence-electron chi connectivity index (χ2n) is 5.11. The first-order valence-electron chi connectivity index (χ1n) is 7.06. The number of anilines is 1. The van der Waals surface area contributed by atoms with Gasteiger partial charge >= 0.3 is 0 Å². The molecule has 0 spiro atoms. The SMILES string of the molecule is CCCC1CCCN(c2cc(Cl)nc(SC)n2)CC1. The van der Waals surface area contributed by atoms with Crippen LogP contribution in [-0.2, 0) is 0 Å². The second kappa shape index (κ2) is 7.34. The Labute approximate surface area is 125 Å². The van der Waals surface area contributed by atoms with Crippen LogP contribution in [0.2, 0.25) is 5.15 Å². The molecule has 1 saturated heterocycles. The molecular weight excluding hydrogens is 278 g/mol. The van der Waals surface area contributed by atoms with Gasteiger partial charge in [0.2, 0.25) is 0 Å². The highest BCUT2D eigenvalue weighted by molar-refractivity contribution is 7.98. The fraction of sp³-hybridized carbons (Fsp3) is 0.714. The molecule has 2 heterocycles. The zero-order chi connectivity index (χ0) is 13.7. The van der Waals surface area contributed by atoms with Gasteiger partial charge in [0.15, 0.2) is 5.16 Å². The van der Waals surface area contributed by atoms with Crippen molar-refractivity contribution in [2.75, 3.05) is 24.2 Å². The number of aromatic nitrogens is 2. The lowest BCUT2D eigenvalue weighted by atomic mass is 9.96. The van der Waals surface area contributed by atoms with Crippen molar-refractivity contribution in [3.8, 4) is 0 Å². The average Bonchev–Trinajstić information content (AvgIpc) is 2.64. The van der Waals surface area contributed by atoms with Crippen LogP contribution in [-0.4, -0.2) is 29.3 Å². The molecule has 2 rings (SSSR count). The van der Waals surface area contributed by atoms with Gasteiger partial charge in [-0.1, -0.05) is 43.1 Å². The van der Waals surface area contributed by atoms with Crippen molar-refractivity contribution >= 4 is 29.2 Å². The first kappa shape index (κ1) is 14.9. The molecule has 0 aliphatic carbocycles. The Morgan fingerprint density at radius 1 is 1.37 bits per heavy atom. The molecule has 0 amide bonds. The number of halogens is 1. The summed E-state index contributed by atoms with van der Waals surface area (Å²) in [6.07, 6.45) is 8.49. The molecule has 5 heteroatoms. The summed E-state index contributed by atoms with van der Waals surface area (Å²) in [7, 11) is 0. The molecule has 19 heavy (non-hydrogen) atoms. The third-order valence-electron chi connectivity index (χ3n) is 3.71. The van der Waals surface area contributed by atoms with E-state index in [2.05, 4.69) is 21.8 Å². The minimum atomic E-state index is 0.545. The third-order valence-corrected chi connectivity index (χ3v) is 4.45. The second-order valence-corrected chi connectivity index (χ2v) is 6.27. The number of hydrogen-bond acceptors (Lipinski definition) is 4. The molecule has 0 bridgehead atoms. The van der Waals surface area contributed by atoms with Crippen molar-refractivity contribution < 1.29 is 0 Å². The van der Waals surface area contributed by atoms with E-state index in [0.29, 0.717) is 5.15 Å². The van der Waals surface area contributed by atoms with Crippen LogP contribution in [0.3, 0.4) is 0 Å². The Balaban J connectivity index is 2.07. The first-order chi connectivity index (χ1) is 9.22. The molecule has 0 aromatic carbocycles. The zero-order valence-electron chi connectivity index (χ0n) is 11.7. The molecule has 3 nitrogen and oxygen atoms in total. The van der Waals surface area contributed by atoms with Crippen LogP contribution in [0.1, 0.15) is 39.0 Å². The number of nitrogens with zero attached hydrogens (tertiary/aromatic N) is 3. The van der Waals surface area contributed by atoms with Gasteiger partial charge in [-0.25, -0.2) is 9.97 Å². The highest BCUT2D eigenvalue weighted by Gasteiger charge is 2.18. The zero-order valence-corrected chi connectivity index (χ0v) is 13.3. The highest BCUT2D eigenvalue weighted by Crippen LogP contribution is 2.26. The summed E-state index contributed by atoms with van der Waals surface area (Å²) < 4.78 is 0. The standard InChI is InChI=1S/C14H22ClN3S/c1-3-5-11-6-4-8-18(9-7-11)13-10-12(15)16-14(17-13)19-2/h10-11H,3-9H2,1-2H3. The maximum Gasteiger partial charge on any atom is 0.190 e. The minimum Gasteiger partial charge on any atom is -0.356 e. The Kier molecular flexibility index (Phi) is 5.76. The average molecular weight is 300 g/mol. The fourth-order valence-corrected chi connectivity index (χ4v) is 3.33. The number of hydrogen-bond donors (Lipinski definition) is 0. The molecule has 1 aliphatic rings. The summed E-state index contributed by atoms with van der Waals surface area (Å²) >= 11 is 7.62. The third kappa shape index (κ3) is 4.25. The molecule has 0 saturated carbocycles.